The molecule has 1 unspecified atom stereocenters. The molecule has 0 saturated carbocycles. The Morgan fingerprint density at radius 2 is 1.55 bits per heavy atom. The van der Waals surface area contributed by atoms with E-state index < -0.39 is 26.2 Å². The molecule has 0 aliphatic carbocycles. The Bertz CT molecular complexity index is 851. The minimum absolute atomic E-state index is 0.0954. The molecule has 0 N–H and O–H groups in total. The van der Waals surface area contributed by atoms with Crippen molar-refractivity contribution in [3.63, 3.8) is 0 Å². The third-order valence-electron chi connectivity index (χ3n) is 5.30. The van der Waals surface area contributed by atoms with Crippen LogP contribution in [0.15, 0.2) is 60.7 Å². The smallest absolute Gasteiger partial charge is 0.317 e. The highest BCUT2D eigenvalue weighted by Gasteiger charge is 2.50. The van der Waals surface area contributed by atoms with Crippen molar-refractivity contribution in [2.75, 3.05) is 6.61 Å². The number of benzene rings is 2. The van der Waals surface area contributed by atoms with E-state index in [0.29, 0.717) is 11.3 Å². The van der Waals surface area contributed by atoms with Crippen LogP contribution in [0.4, 0.5) is 0 Å². The highest BCUT2D eigenvalue weighted by molar-refractivity contribution is 7.80. The van der Waals surface area contributed by atoms with E-state index in [9.17, 15) is 9.59 Å². The number of carbonyl (C=O) groups excluding carboxylic acids is 2. The van der Waals surface area contributed by atoms with Crippen molar-refractivity contribution in [3.05, 3.63) is 60.7 Å². The minimum Gasteiger partial charge on any atom is -0.403 e. The van der Waals surface area contributed by atoms with Crippen molar-refractivity contribution in [3.8, 4) is 0 Å². The van der Waals surface area contributed by atoms with Crippen LogP contribution >= 0.6 is 12.2 Å². The lowest BCUT2D eigenvalue weighted by Crippen LogP contribution is -2.66. The number of thiocarbonyl (C=S) groups is 1. The molecule has 0 spiro atoms. The van der Waals surface area contributed by atoms with Crippen molar-refractivity contribution in [1.82, 2.24) is 0 Å². The van der Waals surface area contributed by atoms with E-state index in [2.05, 4.69) is 49.8 Å². The maximum atomic E-state index is 11.8. The van der Waals surface area contributed by atoms with Gasteiger partial charge in [0.1, 0.15) is 0 Å². The molecule has 0 bridgehead atoms. The first-order chi connectivity index (χ1) is 13.7. The minimum atomic E-state index is -2.67. The number of esters is 2. The molecule has 6 heteroatoms. The van der Waals surface area contributed by atoms with Gasteiger partial charge in [-0.05, 0) is 21.8 Å². The number of rotatable bonds is 7. The van der Waals surface area contributed by atoms with Gasteiger partial charge in [-0.2, -0.15) is 0 Å². The summed E-state index contributed by atoms with van der Waals surface area (Å²) >= 11 is 5.55. The van der Waals surface area contributed by atoms with Crippen LogP contribution in [0.1, 0.15) is 33.6 Å². The molecular weight excluding hydrogens is 400 g/mol. The Kier molecular flexibility index (Phi) is 6.46. The quantitative estimate of drug-likeness (QED) is 0.294. The number of ether oxygens (including phenoxy) is 1. The van der Waals surface area contributed by atoms with Gasteiger partial charge in [0.2, 0.25) is 0 Å². The molecule has 1 heterocycles. The predicted molar refractivity (Wildman–Crippen MR) is 120 cm³/mol. The SMILES string of the molecule is CC(C)(C)[Si](OCC(=S)CC1CC(=O)OC1=O)(c1ccccc1)c1ccccc1. The molecule has 1 aliphatic rings. The molecule has 0 aromatic heterocycles. The van der Waals surface area contributed by atoms with Gasteiger partial charge in [0.05, 0.1) is 18.9 Å². The molecule has 1 aliphatic heterocycles. The van der Waals surface area contributed by atoms with E-state index in [1.165, 1.54) is 10.4 Å². The molecule has 1 fully saturated rings. The van der Waals surface area contributed by atoms with Crippen LogP contribution in [-0.4, -0.2) is 31.7 Å². The molecule has 29 heavy (non-hydrogen) atoms. The molecule has 2 aromatic carbocycles. The van der Waals surface area contributed by atoms with Gasteiger partial charge < -0.3 is 9.16 Å². The lowest BCUT2D eigenvalue weighted by atomic mass is 10.0. The standard InChI is InChI=1S/C23H26O4SSi/c1-23(2,3)29(19-10-6-4-7-11-19,20-12-8-5-9-13-20)26-16-18(28)14-17-15-21(24)27-22(17)25/h4-13,17H,14-16H2,1-3H3. The maximum Gasteiger partial charge on any atom is 0.317 e. The fraction of sp³-hybridized carbons (Fsp3) is 0.348. The van der Waals surface area contributed by atoms with E-state index in [1.54, 1.807) is 0 Å². The molecule has 1 atom stereocenters. The summed E-state index contributed by atoms with van der Waals surface area (Å²) in [5, 5.41) is 2.21. The van der Waals surface area contributed by atoms with Gasteiger partial charge in [0, 0.05) is 4.86 Å². The van der Waals surface area contributed by atoms with E-state index in [0.717, 1.165) is 0 Å². The van der Waals surface area contributed by atoms with Crippen molar-refractivity contribution in [2.45, 2.75) is 38.7 Å². The Balaban J connectivity index is 1.91. The summed E-state index contributed by atoms with van der Waals surface area (Å²) in [5.41, 5.74) is 0. The van der Waals surface area contributed by atoms with Gasteiger partial charge in [0.15, 0.2) is 0 Å². The highest BCUT2D eigenvalue weighted by atomic mass is 32.1. The van der Waals surface area contributed by atoms with Crippen LogP contribution in [0.3, 0.4) is 0 Å². The molecule has 3 rings (SSSR count). The topological polar surface area (TPSA) is 52.6 Å². The van der Waals surface area contributed by atoms with Crippen LogP contribution in [0.25, 0.3) is 0 Å². The second kappa shape index (κ2) is 8.69. The molecule has 1 saturated heterocycles. The second-order valence-corrected chi connectivity index (χ2v) is 13.3. The van der Waals surface area contributed by atoms with Crippen LogP contribution in [0.5, 0.6) is 0 Å². The third-order valence-corrected chi connectivity index (χ3v) is 10.6. The molecule has 0 radical (unpaired) electrons. The van der Waals surface area contributed by atoms with Crippen LogP contribution in [0.2, 0.25) is 5.04 Å². The van der Waals surface area contributed by atoms with Crippen molar-refractivity contribution >= 4 is 47.7 Å². The Morgan fingerprint density at radius 3 is 1.97 bits per heavy atom. The summed E-state index contributed by atoms with van der Waals surface area (Å²) in [6.45, 7) is 6.88. The van der Waals surface area contributed by atoms with Crippen molar-refractivity contribution in [2.24, 2.45) is 5.92 Å². The van der Waals surface area contributed by atoms with Gasteiger partial charge in [0.25, 0.3) is 8.32 Å². The third kappa shape index (κ3) is 4.55. The maximum absolute atomic E-state index is 11.8. The van der Waals surface area contributed by atoms with Gasteiger partial charge in [-0.1, -0.05) is 93.7 Å². The van der Waals surface area contributed by atoms with Crippen molar-refractivity contribution in [1.29, 1.82) is 0 Å². The summed E-state index contributed by atoms with van der Waals surface area (Å²) in [4.78, 5) is 23.8. The number of hydrogen-bond acceptors (Lipinski definition) is 5. The van der Waals surface area contributed by atoms with Crippen LogP contribution < -0.4 is 10.4 Å². The monoisotopic (exact) mass is 426 g/mol. The first kappa shape index (κ1) is 21.6. The second-order valence-electron chi connectivity index (χ2n) is 8.39. The fourth-order valence-electron chi connectivity index (χ4n) is 3.96. The Morgan fingerprint density at radius 1 is 1.03 bits per heavy atom. The van der Waals surface area contributed by atoms with E-state index in [4.69, 9.17) is 16.6 Å². The first-order valence-corrected chi connectivity index (χ1v) is 12.1. The molecule has 4 nitrogen and oxygen atoms in total. The summed E-state index contributed by atoms with van der Waals surface area (Å²) in [6, 6.07) is 20.7. The number of hydrogen-bond donors (Lipinski definition) is 0. The van der Waals surface area contributed by atoms with Gasteiger partial charge in [-0.15, -0.1) is 0 Å². The lowest BCUT2D eigenvalue weighted by Gasteiger charge is -2.43. The molecule has 152 valence electrons. The van der Waals surface area contributed by atoms with E-state index >= 15 is 0 Å². The summed E-state index contributed by atoms with van der Waals surface area (Å²) < 4.78 is 11.4. The number of carbonyl (C=O) groups is 2. The zero-order valence-corrected chi connectivity index (χ0v) is 18.8. The van der Waals surface area contributed by atoms with Crippen LogP contribution in [-0.2, 0) is 18.8 Å². The van der Waals surface area contributed by atoms with Gasteiger partial charge in [-0.25, -0.2) is 0 Å². The zero-order chi connectivity index (χ0) is 21.1. The summed E-state index contributed by atoms with van der Waals surface area (Å²) in [5.74, 6) is -1.45. The van der Waals surface area contributed by atoms with E-state index in [-0.39, 0.29) is 18.1 Å². The molecule has 2 aromatic rings. The molecular formula is C23H26O4SSi. The van der Waals surface area contributed by atoms with E-state index in [1.807, 2.05) is 36.4 Å². The predicted octanol–water partition coefficient (Wildman–Crippen LogP) is 3.41. The Labute approximate surface area is 178 Å². The molecule has 0 amide bonds. The zero-order valence-electron chi connectivity index (χ0n) is 17.0. The van der Waals surface area contributed by atoms with Gasteiger partial charge >= 0.3 is 11.9 Å². The first-order valence-electron chi connectivity index (χ1n) is 9.75. The fourth-order valence-corrected chi connectivity index (χ4v) is 8.87. The largest absolute Gasteiger partial charge is 0.403 e. The Hall–Kier alpha value is -2.15. The van der Waals surface area contributed by atoms with Gasteiger partial charge in [-0.3, -0.25) is 9.59 Å². The highest BCUT2D eigenvalue weighted by Crippen LogP contribution is 2.36. The average Bonchev–Trinajstić information content (AvgIpc) is 2.99. The van der Waals surface area contributed by atoms with Crippen LogP contribution in [0, 0.1) is 5.92 Å². The summed E-state index contributed by atoms with van der Waals surface area (Å²) in [7, 11) is -2.67. The average molecular weight is 427 g/mol. The lowest BCUT2D eigenvalue weighted by molar-refractivity contribution is -0.153. The van der Waals surface area contributed by atoms with Crippen molar-refractivity contribution < 1.29 is 18.8 Å². The number of cyclic esters (lactones) is 2. The normalized spacial score (nSPS) is 17.3. The summed E-state index contributed by atoms with van der Waals surface area (Å²) in [6.07, 6.45) is 0.427.